The van der Waals surface area contributed by atoms with Gasteiger partial charge in [-0.1, -0.05) is 37.5 Å². The standard InChI is InChI=1S/C19H28F2N4O2/c1-2-22-19(24-13-17(26)25-15-9-4-3-5-10-15)23-12-14-8-6-7-11-16(14)27-18(20)21/h6-8,11,15,18H,2-5,9-10,12-13H2,1H3,(H,25,26)(H2,22,23,24). The molecule has 2 rings (SSSR count). The van der Waals surface area contributed by atoms with E-state index in [4.69, 9.17) is 0 Å². The second kappa shape index (κ2) is 11.4. The summed E-state index contributed by atoms with van der Waals surface area (Å²) in [4.78, 5) is 16.5. The second-order valence-corrected chi connectivity index (χ2v) is 6.44. The molecule has 8 heteroatoms. The number of para-hydroxylation sites is 1. The largest absolute Gasteiger partial charge is 0.434 e. The van der Waals surface area contributed by atoms with Crippen molar-refractivity contribution in [2.45, 2.75) is 58.2 Å². The van der Waals surface area contributed by atoms with Crippen LogP contribution in [0.25, 0.3) is 0 Å². The van der Waals surface area contributed by atoms with Crippen LogP contribution in [0.4, 0.5) is 8.78 Å². The zero-order valence-corrected chi connectivity index (χ0v) is 15.6. The Hall–Kier alpha value is -2.38. The number of hydrogen-bond acceptors (Lipinski definition) is 3. The Morgan fingerprint density at radius 2 is 1.96 bits per heavy atom. The van der Waals surface area contributed by atoms with Crippen LogP contribution in [0.3, 0.4) is 0 Å². The van der Waals surface area contributed by atoms with Crippen LogP contribution in [0, 0.1) is 0 Å². The molecule has 6 nitrogen and oxygen atoms in total. The first-order chi connectivity index (χ1) is 13.1. The summed E-state index contributed by atoms with van der Waals surface area (Å²) in [6.07, 6.45) is 5.60. The van der Waals surface area contributed by atoms with E-state index in [1.54, 1.807) is 18.2 Å². The molecule has 0 radical (unpaired) electrons. The number of aliphatic imine (C=N–C) groups is 1. The normalized spacial score (nSPS) is 15.5. The van der Waals surface area contributed by atoms with Crippen molar-refractivity contribution < 1.29 is 18.3 Å². The van der Waals surface area contributed by atoms with Crippen molar-refractivity contribution in [2.24, 2.45) is 4.99 Å². The maximum absolute atomic E-state index is 12.5. The summed E-state index contributed by atoms with van der Waals surface area (Å²) in [7, 11) is 0. The predicted molar refractivity (Wildman–Crippen MR) is 101 cm³/mol. The van der Waals surface area contributed by atoms with E-state index < -0.39 is 6.61 Å². The Balaban J connectivity index is 1.89. The lowest BCUT2D eigenvalue weighted by Crippen LogP contribution is -2.46. The fourth-order valence-electron chi connectivity index (χ4n) is 3.04. The molecular formula is C19H28F2N4O2. The first-order valence-corrected chi connectivity index (χ1v) is 9.42. The SMILES string of the molecule is CCNC(=NCc1ccccc1OC(F)F)NCC(=O)NC1CCCCC1. The average molecular weight is 382 g/mol. The van der Waals surface area contributed by atoms with Crippen LogP contribution in [0.2, 0.25) is 0 Å². The maximum Gasteiger partial charge on any atom is 0.387 e. The zero-order chi connectivity index (χ0) is 19.5. The summed E-state index contributed by atoms with van der Waals surface area (Å²) < 4.78 is 29.5. The molecule has 1 aliphatic rings. The summed E-state index contributed by atoms with van der Waals surface area (Å²) in [5.74, 6) is 0.472. The minimum absolute atomic E-state index is 0.0751. The van der Waals surface area contributed by atoms with Crippen molar-refractivity contribution in [3.8, 4) is 5.75 Å². The van der Waals surface area contributed by atoms with Crippen molar-refractivity contribution in [1.29, 1.82) is 0 Å². The number of carbonyl (C=O) groups is 1. The molecule has 1 saturated carbocycles. The van der Waals surface area contributed by atoms with Crippen LogP contribution >= 0.6 is 0 Å². The molecule has 0 atom stereocenters. The molecule has 27 heavy (non-hydrogen) atoms. The highest BCUT2D eigenvalue weighted by atomic mass is 19.3. The van der Waals surface area contributed by atoms with Crippen LogP contribution in [0.5, 0.6) is 5.75 Å². The molecule has 0 unspecified atom stereocenters. The Labute approximate surface area is 158 Å². The topological polar surface area (TPSA) is 74.8 Å². The third-order valence-electron chi connectivity index (χ3n) is 4.33. The van der Waals surface area contributed by atoms with Crippen LogP contribution < -0.4 is 20.7 Å². The van der Waals surface area contributed by atoms with E-state index in [2.05, 4.69) is 25.7 Å². The smallest absolute Gasteiger partial charge is 0.387 e. The molecule has 1 aromatic carbocycles. The van der Waals surface area contributed by atoms with Crippen LogP contribution in [0.1, 0.15) is 44.6 Å². The number of hydrogen-bond donors (Lipinski definition) is 3. The molecule has 0 aromatic heterocycles. The molecule has 150 valence electrons. The summed E-state index contributed by atoms with van der Waals surface area (Å²) in [6.45, 7) is -0.0942. The Morgan fingerprint density at radius 1 is 1.22 bits per heavy atom. The third kappa shape index (κ3) is 7.80. The van der Waals surface area contributed by atoms with Gasteiger partial charge in [0.1, 0.15) is 5.75 Å². The van der Waals surface area contributed by atoms with E-state index in [0.29, 0.717) is 18.1 Å². The van der Waals surface area contributed by atoms with Gasteiger partial charge < -0.3 is 20.7 Å². The number of guanidine groups is 1. The molecule has 1 amide bonds. The van der Waals surface area contributed by atoms with E-state index in [1.807, 2.05) is 6.92 Å². The van der Waals surface area contributed by atoms with E-state index in [-0.39, 0.29) is 30.8 Å². The number of halogens is 2. The summed E-state index contributed by atoms with van der Waals surface area (Å²) >= 11 is 0. The number of rotatable bonds is 8. The molecular weight excluding hydrogens is 354 g/mol. The molecule has 0 heterocycles. The number of nitrogens with one attached hydrogen (secondary N) is 3. The van der Waals surface area contributed by atoms with Crippen LogP contribution in [-0.2, 0) is 11.3 Å². The van der Waals surface area contributed by atoms with Gasteiger partial charge in [-0.25, -0.2) is 4.99 Å². The molecule has 1 fully saturated rings. The van der Waals surface area contributed by atoms with Gasteiger partial charge in [-0.15, -0.1) is 0 Å². The first kappa shape index (κ1) is 20.9. The van der Waals surface area contributed by atoms with Gasteiger partial charge in [0.05, 0.1) is 13.1 Å². The van der Waals surface area contributed by atoms with Crippen molar-refractivity contribution in [1.82, 2.24) is 16.0 Å². The number of carbonyl (C=O) groups excluding carboxylic acids is 1. The number of amides is 1. The summed E-state index contributed by atoms with van der Waals surface area (Å²) in [5, 5.41) is 9.05. The summed E-state index contributed by atoms with van der Waals surface area (Å²) in [6, 6.07) is 6.78. The molecule has 0 aliphatic heterocycles. The van der Waals surface area contributed by atoms with Gasteiger partial charge in [0, 0.05) is 18.2 Å². The number of nitrogens with zero attached hydrogens (tertiary/aromatic N) is 1. The number of ether oxygens (including phenoxy) is 1. The first-order valence-electron chi connectivity index (χ1n) is 9.42. The van der Waals surface area contributed by atoms with Crippen LogP contribution in [0.15, 0.2) is 29.3 Å². The van der Waals surface area contributed by atoms with Gasteiger partial charge in [0.2, 0.25) is 5.91 Å². The fourth-order valence-corrected chi connectivity index (χ4v) is 3.04. The number of alkyl halides is 2. The highest BCUT2D eigenvalue weighted by Gasteiger charge is 2.15. The van der Waals surface area contributed by atoms with Crippen molar-refractivity contribution in [2.75, 3.05) is 13.1 Å². The van der Waals surface area contributed by atoms with E-state index in [9.17, 15) is 13.6 Å². The Morgan fingerprint density at radius 3 is 2.67 bits per heavy atom. The fraction of sp³-hybridized carbons (Fsp3) is 0.579. The lowest BCUT2D eigenvalue weighted by molar-refractivity contribution is -0.120. The molecule has 0 spiro atoms. The Kier molecular flexibility index (Phi) is 8.80. The minimum Gasteiger partial charge on any atom is -0.434 e. The second-order valence-electron chi connectivity index (χ2n) is 6.44. The highest BCUT2D eigenvalue weighted by molar-refractivity contribution is 5.86. The van der Waals surface area contributed by atoms with Crippen molar-refractivity contribution >= 4 is 11.9 Å². The lowest BCUT2D eigenvalue weighted by atomic mass is 9.95. The van der Waals surface area contributed by atoms with E-state index >= 15 is 0 Å². The molecule has 1 aliphatic carbocycles. The van der Waals surface area contributed by atoms with Gasteiger partial charge in [0.15, 0.2) is 5.96 Å². The van der Waals surface area contributed by atoms with E-state index in [1.165, 1.54) is 12.5 Å². The van der Waals surface area contributed by atoms with Gasteiger partial charge in [0.25, 0.3) is 0 Å². The quantitative estimate of drug-likeness (QED) is 0.477. The molecule has 1 aromatic rings. The van der Waals surface area contributed by atoms with Crippen molar-refractivity contribution in [3.05, 3.63) is 29.8 Å². The third-order valence-corrected chi connectivity index (χ3v) is 4.33. The van der Waals surface area contributed by atoms with Gasteiger partial charge in [-0.05, 0) is 25.8 Å². The molecule has 3 N–H and O–H groups in total. The number of benzene rings is 1. The van der Waals surface area contributed by atoms with Crippen LogP contribution in [-0.4, -0.2) is 37.6 Å². The highest BCUT2D eigenvalue weighted by Crippen LogP contribution is 2.21. The minimum atomic E-state index is -2.88. The maximum atomic E-state index is 12.5. The monoisotopic (exact) mass is 382 g/mol. The molecule has 0 bridgehead atoms. The summed E-state index contributed by atoms with van der Waals surface area (Å²) in [5.41, 5.74) is 0.543. The molecule has 0 saturated heterocycles. The van der Waals surface area contributed by atoms with Gasteiger partial charge in [-0.2, -0.15) is 8.78 Å². The van der Waals surface area contributed by atoms with E-state index in [0.717, 1.165) is 25.7 Å². The van der Waals surface area contributed by atoms with Crippen molar-refractivity contribution in [3.63, 3.8) is 0 Å². The average Bonchev–Trinajstić information content (AvgIpc) is 2.65. The predicted octanol–water partition coefficient (Wildman–Crippen LogP) is 2.79. The van der Waals surface area contributed by atoms with Gasteiger partial charge >= 0.3 is 6.61 Å². The van der Waals surface area contributed by atoms with Gasteiger partial charge in [-0.3, -0.25) is 4.79 Å². The Bertz CT molecular complexity index is 619. The lowest BCUT2D eigenvalue weighted by Gasteiger charge is -2.23. The zero-order valence-electron chi connectivity index (χ0n) is 15.6.